The summed E-state index contributed by atoms with van der Waals surface area (Å²) in [5.74, 6) is -0.200. The number of phosphoric acid groups is 2. The number of carbonyl (C=O) groups is 1. The van der Waals surface area contributed by atoms with Crippen molar-refractivity contribution in [1.82, 2.24) is 24.4 Å². The summed E-state index contributed by atoms with van der Waals surface area (Å²) in [4.78, 5) is 51.0. The molecule has 2 aliphatic rings. The first-order valence-corrected chi connectivity index (χ1v) is 13.6. The summed E-state index contributed by atoms with van der Waals surface area (Å²) in [6.07, 6.45) is -0.0478. The van der Waals surface area contributed by atoms with Crippen molar-refractivity contribution in [3.8, 4) is 0 Å². The van der Waals surface area contributed by atoms with Crippen LogP contribution in [0.5, 0.6) is 0 Å². The summed E-state index contributed by atoms with van der Waals surface area (Å²) < 4.78 is 37.3. The molecular formula is C17H27N7O11P2. The number of rotatable bonds is 7. The third-order valence-electron chi connectivity index (χ3n) is 5.33. The van der Waals surface area contributed by atoms with Crippen molar-refractivity contribution in [2.75, 3.05) is 25.4 Å². The number of aliphatic hydroxyl groups excluding tert-OH is 2. The van der Waals surface area contributed by atoms with E-state index in [2.05, 4.69) is 23.8 Å². The lowest BCUT2D eigenvalue weighted by Gasteiger charge is -2.32. The maximum Gasteiger partial charge on any atom is 0.481 e. The zero-order chi connectivity index (χ0) is 27.5. The van der Waals surface area contributed by atoms with Crippen molar-refractivity contribution >= 4 is 38.5 Å². The van der Waals surface area contributed by atoms with Crippen molar-refractivity contribution in [2.45, 2.75) is 31.0 Å². The van der Waals surface area contributed by atoms with Gasteiger partial charge in [-0.3, -0.25) is 14.2 Å². The molecular weight excluding hydrogens is 540 g/mol. The minimum absolute atomic E-state index is 0.0805. The minimum atomic E-state index is -5.28. The third-order valence-corrected chi connectivity index (χ3v) is 7.48. The molecule has 5 atom stereocenters. The van der Waals surface area contributed by atoms with E-state index in [1.54, 1.807) is 21.9 Å². The van der Waals surface area contributed by atoms with Gasteiger partial charge in [-0.1, -0.05) is 6.08 Å². The molecule has 20 heteroatoms. The van der Waals surface area contributed by atoms with Crippen molar-refractivity contribution < 1.29 is 52.4 Å². The van der Waals surface area contributed by atoms with Crippen LogP contribution in [0.3, 0.4) is 0 Å². The molecule has 2 aromatic heterocycles. The maximum atomic E-state index is 11.4. The SMILES string of the molecule is Cn1cnc2c(N)ncnc21.NC(=O)C1=CCCN([C@@H]2O[C@H](COP(=O)(O)OP(=O)(O)O)[C@@H](O)[C@H]2O)C1. The first-order valence-electron chi connectivity index (χ1n) is 10.5. The first-order chi connectivity index (χ1) is 17.2. The molecule has 2 aliphatic heterocycles. The highest BCUT2D eigenvalue weighted by Gasteiger charge is 2.47. The molecule has 4 rings (SSSR count). The maximum absolute atomic E-state index is 11.4. The van der Waals surface area contributed by atoms with Crippen molar-refractivity contribution in [2.24, 2.45) is 12.8 Å². The molecule has 206 valence electrons. The molecule has 18 nitrogen and oxygen atoms in total. The van der Waals surface area contributed by atoms with Crippen LogP contribution >= 0.6 is 15.6 Å². The lowest BCUT2D eigenvalue weighted by molar-refractivity contribution is -0.117. The number of nitrogen functional groups attached to an aromatic ring is 1. The molecule has 1 saturated heterocycles. The Kier molecular flexibility index (Phi) is 9.15. The van der Waals surface area contributed by atoms with E-state index >= 15 is 0 Å². The number of nitrogens with zero attached hydrogens (tertiary/aromatic N) is 5. The molecule has 0 radical (unpaired) electrons. The van der Waals surface area contributed by atoms with E-state index in [1.807, 2.05) is 7.05 Å². The molecule has 0 spiro atoms. The van der Waals surface area contributed by atoms with Crippen LogP contribution in [-0.4, -0.2) is 99.5 Å². The Balaban J connectivity index is 0.000000284. The number of aliphatic hydroxyl groups is 2. The topological polar surface area (TPSA) is 279 Å². The monoisotopic (exact) mass is 567 g/mol. The Morgan fingerprint density at radius 1 is 1.22 bits per heavy atom. The number of primary amides is 1. The molecule has 1 unspecified atom stereocenters. The highest BCUT2D eigenvalue weighted by molar-refractivity contribution is 7.60. The number of aryl methyl sites for hydroxylation is 1. The van der Waals surface area contributed by atoms with Crippen molar-refractivity contribution in [1.29, 1.82) is 0 Å². The van der Waals surface area contributed by atoms with Gasteiger partial charge in [0, 0.05) is 25.7 Å². The fourth-order valence-electron chi connectivity index (χ4n) is 3.62. The number of nitrogens with two attached hydrogens (primary N) is 2. The van der Waals surface area contributed by atoms with Gasteiger partial charge in [0.25, 0.3) is 0 Å². The van der Waals surface area contributed by atoms with Gasteiger partial charge in [0.15, 0.2) is 11.5 Å². The van der Waals surface area contributed by atoms with Crippen molar-refractivity contribution in [3.05, 3.63) is 24.3 Å². The Bertz CT molecular complexity index is 1250. The normalized spacial score (nSPS) is 26.3. The van der Waals surface area contributed by atoms with Crippen LogP contribution in [-0.2, 0) is 34.5 Å². The molecule has 1 fully saturated rings. The highest BCUT2D eigenvalue weighted by atomic mass is 31.3. The summed E-state index contributed by atoms with van der Waals surface area (Å²) in [6.45, 7) is -0.301. The largest absolute Gasteiger partial charge is 0.481 e. The Morgan fingerprint density at radius 2 is 1.92 bits per heavy atom. The first kappa shape index (κ1) is 29.2. The van der Waals surface area contributed by atoms with Crippen LogP contribution < -0.4 is 11.5 Å². The van der Waals surface area contributed by atoms with Gasteiger partial charge in [0.2, 0.25) is 5.91 Å². The van der Waals surface area contributed by atoms with Crippen LogP contribution in [0.25, 0.3) is 11.2 Å². The molecule has 4 heterocycles. The van der Waals surface area contributed by atoms with E-state index in [0.29, 0.717) is 29.9 Å². The zero-order valence-electron chi connectivity index (χ0n) is 19.3. The Labute approximate surface area is 209 Å². The van der Waals surface area contributed by atoms with Gasteiger partial charge in [0.1, 0.15) is 36.4 Å². The fourth-order valence-corrected chi connectivity index (χ4v) is 5.22. The number of fused-ring (bicyclic) bond motifs is 1. The van der Waals surface area contributed by atoms with Crippen LogP contribution in [0.15, 0.2) is 24.3 Å². The molecule has 0 aliphatic carbocycles. The molecule has 1 amide bonds. The van der Waals surface area contributed by atoms with Gasteiger partial charge in [-0.25, -0.2) is 24.1 Å². The lowest BCUT2D eigenvalue weighted by Crippen LogP contribution is -2.47. The molecule has 9 N–H and O–H groups in total. The summed E-state index contributed by atoms with van der Waals surface area (Å²) in [5.41, 5.74) is 12.5. The van der Waals surface area contributed by atoms with E-state index in [1.165, 1.54) is 6.33 Å². The standard InChI is InChI=1S/C11H20N2O11P2.C6H7N5/c12-10(16)6-2-1-3-13(4-6)11-9(15)8(14)7(23-11)5-22-26(20,21)24-25(17,18)19;1-11-3-10-4-5(7)8-2-9-6(4)11/h2,7-9,11,14-15H,1,3-5H2,(H2,12,16)(H,20,21)(H2,17,18,19);2-3H,1H3,(H2,7,8,9)/t7-,8-,9-,11-;/m1./s1. The van der Waals surface area contributed by atoms with Crippen LogP contribution in [0, 0.1) is 0 Å². The van der Waals surface area contributed by atoms with Gasteiger partial charge in [-0.15, -0.1) is 0 Å². The number of ether oxygens (including phenoxy) is 1. The lowest BCUT2D eigenvalue weighted by atomic mass is 10.1. The van der Waals surface area contributed by atoms with E-state index in [9.17, 15) is 29.0 Å². The third kappa shape index (κ3) is 7.59. The average molecular weight is 567 g/mol. The second kappa shape index (κ2) is 11.6. The van der Waals surface area contributed by atoms with E-state index in [4.69, 9.17) is 26.0 Å². The van der Waals surface area contributed by atoms with Gasteiger partial charge in [-0.2, -0.15) is 4.31 Å². The second-order valence-electron chi connectivity index (χ2n) is 8.02. The van der Waals surface area contributed by atoms with E-state index < -0.39 is 52.7 Å². The predicted molar refractivity (Wildman–Crippen MR) is 124 cm³/mol. The predicted octanol–water partition coefficient (Wildman–Crippen LogP) is -2.28. The van der Waals surface area contributed by atoms with E-state index in [-0.39, 0.29) is 6.54 Å². The highest BCUT2D eigenvalue weighted by Crippen LogP contribution is 2.57. The summed E-state index contributed by atoms with van der Waals surface area (Å²) in [7, 11) is -8.52. The Hall–Kier alpha value is -2.34. The number of imidazole rings is 1. The molecule has 37 heavy (non-hydrogen) atoms. The van der Waals surface area contributed by atoms with Gasteiger partial charge in [-0.05, 0) is 6.42 Å². The zero-order valence-corrected chi connectivity index (χ0v) is 21.1. The van der Waals surface area contributed by atoms with Crippen molar-refractivity contribution in [3.63, 3.8) is 0 Å². The average Bonchev–Trinajstić information content (AvgIpc) is 3.32. The number of hydrogen-bond acceptors (Lipinski definition) is 13. The number of hydrogen-bond donors (Lipinski definition) is 7. The van der Waals surface area contributed by atoms with Crippen LogP contribution in [0.1, 0.15) is 6.42 Å². The Morgan fingerprint density at radius 3 is 2.54 bits per heavy atom. The van der Waals surface area contributed by atoms with Gasteiger partial charge >= 0.3 is 15.6 Å². The molecule has 0 aromatic carbocycles. The van der Waals surface area contributed by atoms with Gasteiger partial charge in [0.05, 0.1) is 12.9 Å². The molecule has 2 aromatic rings. The van der Waals surface area contributed by atoms with Crippen LogP contribution in [0.4, 0.5) is 5.82 Å². The minimum Gasteiger partial charge on any atom is -0.387 e. The number of amides is 1. The smallest absolute Gasteiger partial charge is 0.387 e. The number of anilines is 1. The summed E-state index contributed by atoms with van der Waals surface area (Å²) >= 11 is 0. The number of phosphoric ester groups is 1. The summed E-state index contributed by atoms with van der Waals surface area (Å²) in [5, 5.41) is 20.1. The fraction of sp³-hybridized carbons (Fsp3) is 0.529. The quantitative estimate of drug-likeness (QED) is 0.174. The number of aromatic nitrogens is 4. The van der Waals surface area contributed by atoms with Gasteiger partial charge < -0.3 is 45.7 Å². The summed E-state index contributed by atoms with van der Waals surface area (Å²) in [6, 6.07) is 0. The number of carbonyl (C=O) groups excluding carboxylic acids is 1. The molecule has 0 bridgehead atoms. The second-order valence-corrected chi connectivity index (χ2v) is 10.9. The van der Waals surface area contributed by atoms with E-state index in [0.717, 1.165) is 5.65 Å². The molecule has 0 saturated carbocycles. The van der Waals surface area contributed by atoms with Crippen LogP contribution in [0.2, 0.25) is 0 Å².